The van der Waals surface area contributed by atoms with Crippen LogP contribution in [-0.2, 0) is 9.53 Å². The predicted molar refractivity (Wildman–Crippen MR) is 33.1 cm³/mol. The summed E-state index contributed by atoms with van der Waals surface area (Å²) in [6.07, 6.45) is 0.964. The normalized spacial score (nSPS) is 24.1. The van der Waals surface area contributed by atoms with Crippen molar-refractivity contribution in [1.29, 1.82) is 0 Å². The zero-order valence-corrected chi connectivity index (χ0v) is 5.98. The molecule has 8 heavy (non-hydrogen) atoms. The van der Waals surface area contributed by atoms with Crippen molar-refractivity contribution < 1.29 is 9.53 Å². The summed E-state index contributed by atoms with van der Waals surface area (Å²) in [5.41, 5.74) is -0.181. The van der Waals surface area contributed by atoms with Crippen LogP contribution in [0.1, 0.15) is 0 Å². The van der Waals surface area contributed by atoms with Crippen molar-refractivity contribution in [2.24, 2.45) is 5.41 Å². The van der Waals surface area contributed by atoms with Gasteiger partial charge in [-0.1, -0.05) is 15.9 Å². The Balaban J connectivity index is 2.45. The molecular formula is C5H7BrO2. The quantitative estimate of drug-likeness (QED) is 0.458. The van der Waals surface area contributed by atoms with Crippen molar-refractivity contribution >= 4 is 22.2 Å². The van der Waals surface area contributed by atoms with Crippen molar-refractivity contribution in [3.05, 3.63) is 0 Å². The standard InChI is InChI=1S/C5H7BrO2/c6-1-5(2-7)3-8-4-5/h2H,1,3-4H2. The summed E-state index contributed by atoms with van der Waals surface area (Å²) in [4.78, 5) is 10.2. The molecule has 1 aliphatic heterocycles. The Kier molecular flexibility index (Phi) is 1.68. The third-order valence-corrected chi connectivity index (χ3v) is 2.41. The molecule has 1 heterocycles. The van der Waals surface area contributed by atoms with E-state index in [1.54, 1.807) is 0 Å². The van der Waals surface area contributed by atoms with Crippen LogP contribution in [0, 0.1) is 5.41 Å². The van der Waals surface area contributed by atoms with Crippen LogP contribution in [0.5, 0.6) is 0 Å². The molecule has 1 rings (SSSR count). The first kappa shape index (κ1) is 6.23. The first-order valence-electron chi connectivity index (χ1n) is 2.43. The number of halogens is 1. The van der Waals surface area contributed by atoms with Gasteiger partial charge in [0.2, 0.25) is 0 Å². The van der Waals surface area contributed by atoms with Gasteiger partial charge in [0, 0.05) is 5.33 Å². The topological polar surface area (TPSA) is 26.3 Å². The van der Waals surface area contributed by atoms with E-state index >= 15 is 0 Å². The minimum Gasteiger partial charge on any atom is -0.379 e. The first-order chi connectivity index (χ1) is 3.83. The average molecular weight is 179 g/mol. The zero-order valence-electron chi connectivity index (χ0n) is 4.39. The van der Waals surface area contributed by atoms with Crippen LogP contribution in [0.15, 0.2) is 0 Å². The van der Waals surface area contributed by atoms with Gasteiger partial charge >= 0.3 is 0 Å². The van der Waals surface area contributed by atoms with Gasteiger partial charge in [0.15, 0.2) is 0 Å². The second-order valence-electron chi connectivity index (χ2n) is 2.11. The Morgan fingerprint density at radius 3 is 2.38 bits per heavy atom. The third kappa shape index (κ3) is 0.801. The fourth-order valence-electron chi connectivity index (χ4n) is 0.541. The molecule has 0 saturated carbocycles. The molecule has 0 aromatic rings. The predicted octanol–water partition coefficient (Wildman–Crippen LogP) is 0.597. The van der Waals surface area contributed by atoms with Gasteiger partial charge in [-0.2, -0.15) is 0 Å². The molecule has 0 aromatic carbocycles. The van der Waals surface area contributed by atoms with Crippen molar-refractivity contribution in [1.82, 2.24) is 0 Å². The highest BCUT2D eigenvalue weighted by molar-refractivity contribution is 9.09. The minimum atomic E-state index is -0.181. The van der Waals surface area contributed by atoms with Gasteiger partial charge in [-0.3, -0.25) is 0 Å². The van der Waals surface area contributed by atoms with Crippen molar-refractivity contribution in [3.8, 4) is 0 Å². The molecule has 0 spiro atoms. The average Bonchev–Trinajstić information content (AvgIpc) is 1.67. The second kappa shape index (κ2) is 2.15. The molecule has 46 valence electrons. The van der Waals surface area contributed by atoms with Gasteiger partial charge in [-0.15, -0.1) is 0 Å². The van der Waals surface area contributed by atoms with Crippen LogP contribution in [0.4, 0.5) is 0 Å². The molecule has 0 unspecified atom stereocenters. The molecule has 3 heteroatoms. The molecule has 0 bridgehead atoms. The SMILES string of the molecule is O=CC1(CBr)COC1. The summed E-state index contributed by atoms with van der Waals surface area (Å²) in [6, 6.07) is 0. The lowest BCUT2D eigenvalue weighted by Gasteiger charge is -2.34. The maximum absolute atomic E-state index is 10.2. The smallest absolute Gasteiger partial charge is 0.131 e. The van der Waals surface area contributed by atoms with Gasteiger partial charge in [0.25, 0.3) is 0 Å². The number of aldehydes is 1. The number of ether oxygens (including phenoxy) is 1. The number of carbonyl (C=O) groups is 1. The minimum absolute atomic E-state index is 0.181. The first-order valence-corrected chi connectivity index (χ1v) is 3.55. The van der Waals surface area contributed by atoms with E-state index in [-0.39, 0.29) is 5.41 Å². The van der Waals surface area contributed by atoms with E-state index in [2.05, 4.69) is 15.9 Å². The van der Waals surface area contributed by atoms with Gasteiger partial charge in [0.05, 0.1) is 18.6 Å². The lowest BCUT2D eigenvalue weighted by atomic mass is 9.91. The molecule has 1 aliphatic rings. The Labute approximate surface area is 56.3 Å². The van der Waals surface area contributed by atoms with Crippen molar-refractivity contribution in [2.45, 2.75) is 0 Å². The van der Waals surface area contributed by atoms with Crippen LogP contribution in [0.25, 0.3) is 0 Å². The maximum atomic E-state index is 10.2. The Hall–Kier alpha value is 0.110. The fraction of sp³-hybridized carbons (Fsp3) is 0.800. The fourth-order valence-corrected chi connectivity index (χ4v) is 0.997. The Morgan fingerprint density at radius 2 is 2.38 bits per heavy atom. The lowest BCUT2D eigenvalue weighted by Crippen LogP contribution is -2.45. The number of carbonyl (C=O) groups excluding carboxylic acids is 1. The molecule has 0 atom stereocenters. The molecule has 0 aromatic heterocycles. The summed E-state index contributed by atoms with van der Waals surface area (Å²) in [5, 5.41) is 0.726. The molecule has 1 fully saturated rings. The van der Waals surface area contributed by atoms with Gasteiger partial charge in [-0.05, 0) is 0 Å². The van der Waals surface area contributed by atoms with Gasteiger partial charge in [0.1, 0.15) is 6.29 Å². The number of rotatable bonds is 2. The molecule has 1 saturated heterocycles. The second-order valence-corrected chi connectivity index (χ2v) is 2.67. The number of hydrogen-bond donors (Lipinski definition) is 0. The van der Waals surface area contributed by atoms with E-state index in [1.165, 1.54) is 0 Å². The van der Waals surface area contributed by atoms with Crippen LogP contribution >= 0.6 is 15.9 Å². The molecular weight excluding hydrogens is 172 g/mol. The number of hydrogen-bond acceptors (Lipinski definition) is 2. The highest BCUT2D eigenvalue weighted by Gasteiger charge is 2.37. The monoisotopic (exact) mass is 178 g/mol. The van der Waals surface area contributed by atoms with Crippen LogP contribution in [-0.4, -0.2) is 24.8 Å². The van der Waals surface area contributed by atoms with Crippen LogP contribution in [0.2, 0.25) is 0 Å². The van der Waals surface area contributed by atoms with E-state index in [0.717, 1.165) is 11.6 Å². The van der Waals surface area contributed by atoms with E-state index in [1.807, 2.05) is 0 Å². The summed E-state index contributed by atoms with van der Waals surface area (Å²) in [5.74, 6) is 0. The lowest BCUT2D eigenvalue weighted by molar-refractivity contribution is -0.140. The van der Waals surface area contributed by atoms with E-state index in [4.69, 9.17) is 4.74 Å². The summed E-state index contributed by atoms with van der Waals surface area (Å²) < 4.78 is 4.86. The van der Waals surface area contributed by atoms with Gasteiger partial charge in [-0.25, -0.2) is 0 Å². The van der Waals surface area contributed by atoms with E-state index in [0.29, 0.717) is 13.2 Å². The maximum Gasteiger partial charge on any atom is 0.131 e. The molecule has 0 N–H and O–H groups in total. The van der Waals surface area contributed by atoms with Crippen molar-refractivity contribution in [3.63, 3.8) is 0 Å². The van der Waals surface area contributed by atoms with Crippen LogP contribution in [0.3, 0.4) is 0 Å². The molecule has 0 amide bonds. The Bertz CT molecular complexity index is 93.1. The highest BCUT2D eigenvalue weighted by atomic mass is 79.9. The largest absolute Gasteiger partial charge is 0.379 e. The number of alkyl halides is 1. The third-order valence-electron chi connectivity index (χ3n) is 1.30. The molecule has 0 radical (unpaired) electrons. The van der Waals surface area contributed by atoms with Gasteiger partial charge < -0.3 is 9.53 Å². The molecule has 0 aliphatic carbocycles. The Morgan fingerprint density at radius 1 is 1.75 bits per heavy atom. The highest BCUT2D eigenvalue weighted by Crippen LogP contribution is 2.26. The molecule has 2 nitrogen and oxygen atoms in total. The van der Waals surface area contributed by atoms with Crippen molar-refractivity contribution in [2.75, 3.05) is 18.5 Å². The summed E-state index contributed by atoms with van der Waals surface area (Å²) >= 11 is 3.23. The van der Waals surface area contributed by atoms with E-state index in [9.17, 15) is 4.79 Å². The summed E-state index contributed by atoms with van der Waals surface area (Å²) in [7, 11) is 0. The van der Waals surface area contributed by atoms with E-state index < -0.39 is 0 Å². The van der Waals surface area contributed by atoms with Crippen LogP contribution < -0.4 is 0 Å². The summed E-state index contributed by atoms with van der Waals surface area (Å²) in [6.45, 7) is 1.17. The zero-order chi connectivity index (χ0) is 6.04.